The van der Waals surface area contributed by atoms with Crippen molar-refractivity contribution in [1.82, 2.24) is 14.5 Å². The maximum atomic E-state index is 5.35. The summed E-state index contributed by atoms with van der Waals surface area (Å²) in [7, 11) is 0. The van der Waals surface area contributed by atoms with E-state index in [1.54, 1.807) is 11.3 Å². The molecule has 3 nitrogen and oxygen atoms in total. The van der Waals surface area contributed by atoms with E-state index in [0.29, 0.717) is 0 Å². The Morgan fingerprint density at radius 1 is 1.47 bits per heavy atom. The van der Waals surface area contributed by atoms with E-state index in [1.807, 2.05) is 23.8 Å². The molecule has 1 aromatic carbocycles. The lowest BCUT2D eigenvalue weighted by Gasteiger charge is -2.01. The zero-order valence-corrected chi connectivity index (χ0v) is 11.9. The predicted molar refractivity (Wildman–Crippen MR) is 76.0 cm³/mol. The van der Waals surface area contributed by atoms with Gasteiger partial charge in [-0.2, -0.15) is 0 Å². The maximum Gasteiger partial charge on any atom is 0.178 e. The molecular formula is C11H8BrN3S2. The lowest BCUT2D eigenvalue weighted by atomic mass is 10.3. The second kappa shape index (κ2) is 4.36. The van der Waals surface area contributed by atoms with Crippen molar-refractivity contribution in [3.05, 3.63) is 44.0 Å². The Morgan fingerprint density at radius 2 is 2.35 bits per heavy atom. The minimum atomic E-state index is 0.742. The highest BCUT2D eigenvalue weighted by molar-refractivity contribution is 9.10. The molecular weight excluding hydrogens is 318 g/mol. The molecule has 0 atom stereocenters. The summed E-state index contributed by atoms with van der Waals surface area (Å²) in [5, 5.41) is 0. The number of H-pyrrole nitrogens is 1. The molecule has 3 rings (SSSR count). The van der Waals surface area contributed by atoms with Gasteiger partial charge in [-0.1, -0.05) is 15.9 Å². The Balaban J connectivity index is 2.16. The normalized spacial score (nSPS) is 11.1. The highest BCUT2D eigenvalue weighted by atomic mass is 79.9. The van der Waals surface area contributed by atoms with Crippen molar-refractivity contribution < 1.29 is 0 Å². The van der Waals surface area contributed by atoms with E-state index in [1.165, 1.54) is 4.88 Å². The molecule has 0 fully saturated rings. The smallest absolute Gasteiger partial charge is 0.178 e. The first-order valence-corrected chi connectivity index (χ1v) is 7.07. The van der Waals surface area contributed by atoms with E-state index >= 15 is 0 Å². The second-order valence-electron chi connectivity index (χ2n) is 3.65. The molecule has 0 aliphatic heterocycles. The number of thiazole rings is 1. The Labute approximate surface area is 115 Å². The summed E-state index contributed by atoms with van der Waals surface area (Å²) >= 11 is 10.4. The number of rotatable bonds is 2. The number of benzene rings is 1. The van der Waals surface area contributed by atoms with E-state index in [9.17, 15) is 0 Å². The average molecular weight is 326 g/mol. The second-order valence-corrected chi connectivity index (χ2v) is 5.92. The molecule has 0 aliphatic carbocycles. The molecule has 0 bridgehead atoms. The Bertz CT molecular complexity index is 712. The van der Waals surface area contributed by atoms with Crippen molar-refractivity contribution in [1.29, 1.82) is 0 Å². The minimum absolute atomic E-state index is 0.742. The number of hydrogen-bond donors (Lipinski definition) is 1. The quantitative estimate of drug-likeness (QED) is 0.723. The fraction of sp³-hybridized carbons (Fsp3) is 0.0909. The van der Waals surface area contributed by atoms with Gasteiger partial charge in [0.25, 0.3) is 0 Å². The number of aromatic amines is 1. The van der Waals surface area contributed by atoms with Crippen LogP contribution in [0.5, 0.6) is 0 Å². The number of aromatic nitrogens is 3. The molecule has 0 radical (unpaired) electrons. The maximum absolute atomic E-state index is 5.35. The molecule has 17 heavy (non-hydrogen) atoms. The molecule has 6 heteroatoms. The van der Waals surface area contributed by atoms with Gasteiger partial charge >= 0.3 is 0 Å². The molecule has 0 saturated carbocycles. The molecule has 0 amide bonds. The number of fused-ring (bicyclic) bond motifs is 1. The third kappa shape index (κ3) is 2.08. The van der Waals surface area contributed by atoms with Crippen LogP contribution in [0.25, 0.3) is 11.0 Å². The summed E-state index contributed by atoms with van der Waals surface area (Å²) in [6, 6.07) is 6.12. The van der Waals surface area contributed by atoms with Crippen LogP contribution < -0.4 is 0 Å². The Hall–Kier alpha value is -0.980. The van der Waals surface area contributed by atoms with Gasteiger partial charge in [-0.05, 0) is 30.4 Å². The van der Waals surface area contributed by atoms with Crippen LogP contribution in [0.4, 0.5) is 0 Å². The van der Waals surface area contributed by atoms with Gasteiger partial charge < -0.3 is 9.55 Å². The largest absolute Gasteiger partial charge is 0.331 e. The molecule has 2 heterocycles. The van der Waals surface area contributed by atoms with Crippen LogP contribution in [0.3, 0.4) is 0 Å². The summed E-state index contributed by atoms with van der Waals surface area (Å²) in [6.45, 7) is 0.769. The van der Waals surface area contributed by atoms with E-state index in [-0.39, 0.29) is 0 Å². The van der Waals surface area contributed by atoms with Crippen LogP contribution in [-0.2, 0) is 6.54 Å². The fourth-order valence-electron chi connectivity index (χ4n) is 1.77. The van der Waals surface area contributed by atoms with Gasteiger partial charge in [0.05, 0.1) is 23.1 Å². The van der Waals surface area contributed by atoms with Crippen LogP contribution in [0.2, 0.25) is 0 Å². The first-order valence-electron chi connectivity index (χ1n) is 4.99. The standard InChI is InChI=1S/C11H8BrN3S2/c12-7-1-2-10-9(3-7)14-11(16)15(10)5-8-4-13-6-17-8/h1-4,6H,5H2,(H,14,16). The highest BCUT2D eigenvalue weighted by Gasteiger charge is 2.06. The molecule has 0 unspecified atom stereocenters. The predicted octanol–water partition coefficient (Wildman–Crippen LogP) is 3.97. The summed E-state index contributed by atoms with van der Waals surface area (Å²) in [6.07, 6.45) is 1.88. The van der Waals surface area contributed by atoms with Gasteiger partial charge in [-0.15, -0.1) is 11.3 Å². The summed E-state index contributed by atoms with van der Waals surface area (Å²) in [5.74, 6) is 0. The zero-order valence-electron chi connectivity index (χ0n) is 8.68. The van der Waals surface area contributed by atoms with Gasteiger partial charge in [0, 0.05) is 15.5 Å². The third-order valence-corrected chi connectivity index (χ3v) is 4.11. The van der Waals surface area contributed by atoms with Crippen LogP contribution in [0, 0.1) is 4.77 Å². The minimum Gasteiger partial charge on any atom is -0.331 e. The Morgan fingerprint density at radius 3 is 3.12 bits per heavy atom. The number of nitrogens with zero attached hydrogens (tertiary/aromatic N) is 2. The molecule has 0 spiro atoms. The molecule has 0 saturated heterocycles. The van der Waals surface area contributed by atoms with Crippen molar-refractivity contribution in [3.8, 4) is 0 Å². The van der Waals surface area contributed by atoms with Crippen LogP contribution in [0.1, 0.15) is 4.88 Å². The third-order valence-electron chi connectivity index (χ3n) is 2.53. The van der Waals surface area contributed by atoms with E-state index in [2.05, 4.69) is 36.5 Å². The fourth-order valence-corrected chi connectivity index (χ4v) is 2.99. The lowest BCUT2D eigenvalue weighted by Crippen LogP contribution is -1.97. The number of imidazole rings is 1. The Kier molecular flexibility index (Phi) is 2.85. The number of nitrogens with one attached hydrogen (secondary N) is 1. The SMILES string of the molecule is S=c1[nH]c2cc(Br)ccc2n1Cc1cncs1. The molecule has 2 aromatic heterocycles. The molecule has 3 aromatic rings. The monoisotopic (exact) mass is 325 g/mol. The van der Waals surface area contributed by atoms with Crippen molar-refractivity contribution in [2.24, 2.45) is 0 Å². The molecule has 86 valence electrons. The summed E-state index contributed by atoms with van der Waals surface area (Å²) < 4.78 is 3.88. The number of hydrogen-bond acceptors (Lipinski definition) is 3. The van der Waals surface area contributed by atoms with Crippen molar-refractivity contribution in [2.45, 2.75) is 6.54 Å². The topological polar surface area (TPSA) is 33.6 Å². The zero-order chi connectivity index (χ0) is 11.8. The van der Waals surface area contributed by atoms with Crippen molar-refractivity contribution in [3.63, 3.8) is 0 Å². The van der Waals surface area contributed by atoms with Gasteiger partial charge in [0.2, 0.25) is 0 Å². The van der Waals surface area contributed by atoms with Crippen LogP contribution >= 0.6 is 39.5 Å². The average Bonchev–Trinajstić information content (AvgIpc) is 2.88. The highest BCUT2D eigenvalue weighted by Crippen LogP contribution is 2.21. The van der Waals surface area contributed by atoms with Gasteiger partial charge in [-0.3, -0.25) is 4.98 Å². The first-order chi connectivity index (χ1) is 8.24. The van der Waals surface area contributed by atoms with E-state index in [4.69, 9.17) is 12.2 Å². The number of halogens is 1. The van der Waals surface area contributed by atoms with Gasteiger partial charge in [0.15, 0.2) is 4.77 Å². The molecule has 1 N–H and O–H groups in total. The van der Waals surface area contributed by atoms with Gasteiger partial charge in [0.1, 0.15) is 0 Å². The van der Waals surface area contributed by atoms with E-state index in [0.717, 1.165) is 26.8 Å². The summed E-state index contributed by atoms with van der Waals surface area (Å²) in [5.41, 5.74) is 4.00. The lowest BCUT2D eigenvalue weighted by molar-refractivity contribution is 0.821. The van der Waals surface area contributed by atoms with Crippen LogP contribution in [-0.4, -0.2) is 14.5 Å². The summed E-state index contributed by atoms with van der Waals surface area (Å²) in [4.78, 5) is 8.49. The van der Waals surface area contributed by atoms with Gasteiger partial charge in [-0.25, -0.2) is 0 Å². The van der Waals surface area contributed by atoms with Crippen LogP contribution in [0.15, 0.2) is 34.4 Å². The van der Waals surface area contributed by atoms with Crippen molar-refractivity contribution >= 4 is 50.5 Å². The van der Waals surface area contributed by atoms with E-state index < -0.39 is 0 Å². The van der Waals surface area contributed by atoms with Crippen molar-refractivity contribution in [2.75, 3.05) is 0 Å². The molecule has 0 aliphatic rings. The first kappa shape index (κ1) is 11.1.